The fourth-order valence-corrected chi connectivity index (χ4v) is 2.31. The van der Waals surface area contributed by atoms with Gasteiger partial charge in [0.1, 0.15) is 12.4 Å². The Kier molecular flexibility index (Phi) is 8.55. The maximum Gasteiger partial charge on any atom is 0.227 e. The van der Waals surface area contributed by atoms with Crippen LogP contribution in [0.2, 0.25) is 5.02 Å². The van der Waals surface area contributed by atoms with Gasteiger partial charge in [0.05, 0.1) is 12.0 Å². The van der Waals surface area contributed by atoms with Gasteiger partial charge in [-0.2, -0.15) is 0 Å². The molecule has 1 aromatic carbocycles. The van der Waals surface area contributed by atoms with Crippen LogP contribution in [-0.4, -0.2) is 57.1 Å². The zero-order chi connectivity index (χ0) is 18.9. The number of likely N-dealkylation sites (N-methyl/N-ethyl adjacent to an activating group) is 1. The summed E-state index contributed by atoms with van der Waals surface area (Å²) >= 11 is 5.94. The Morgan fingerprint density at radius 2 is 2.08 bits per heavy atom. The highest BCUT2D eigenvalue weighted by Crippen LogP contribution is 2.17. The summed E-state index contributed by atoms with van der Waals surface area (Å²) in [6.45, 7) is 7.98. The van der Waals surface area contributed by atoms with E-state index in [1.165, 1.54) is 0 Å². The average molecular weight is 369 g/mol. The van der Waals surface area contributed by atoms with Crippen LogP contribution in [0.4, 0.5) is 0 Å². The van der Waals surface area contributed by atoms with E-state index in [0.717, 1.165) is 5.75 Å². The number of halogens is 1. The summed E-state index contributed by atoms with van der Waals surface area (Å²) in [5.41, 5.74) is -0.524. The van der Waals surface area contributed by atoms with Crippen LogP contribution in [0.15, 0.2) is 29.3 Å². The van der Waals surface area contributed by atoms with Crippen molar-refractivity contribution in [1.82, 2.24) is 15.5 Å². The summed E-state index contributed by atoms with van der Waals surface area (Å²) in [6, 6.07) is 7.31. The molecule has 0 heterocycles. The summed E-state index contributed by atoms with van der Waals surface area (Å²) in [7, 11) is 3.64. The van der Waals surface area contributed by atoms with Crippen molar-refractivity contribution in [3.8, 4) is 5.75 Å². The number of aliphatic imine (C=N–C) groups is 1. The second-order valence-corrected chi connectivity index (χ2v) is 6.81. The Morgan fingerprint density at radius 1 is 1.36 bits per heavy atom. The number of rotatable bonds is 8. The van der Waals surface area contributed by atoms with E-state index in [2.05, 4.69) is 15.6 Å². The number of amides is 1. The van der Waals surface area contributed by atoms with Gasteiger partial charge in [0.15, 0.2) is 5.96 Å². The van der Waals surface area contributed by atoms with Crippen LogP contribution < -0.4 is 15.4 Å². The largest absolute Gasteiger partial charge is 0.492 e. The lowest BCUT2D eigenvalue weighted by molar-refractivity contribution is -0.128. The van der Waals surface area contributed by atoms with Crippen molar-refractivity contribution in [2.45, 2.75) is 20.8 Å². The van der Waals surface area contributed by atoms with Gasteiger partial charge in [-0.05, 0) is 39.0 Å². The molecule has 0 aliphatic carbocycles. The zero-order valence-electron chi connectivity index (χ0n) is 15.7. The molecule has 25 heavy (non-hydrogen) atoms. The minimum absolute atomic E-state index is 0.0184. The Bertz CT molecular complexity index is 590. The van der Waals surface area contributed by atoms with E-state index in [0.29, 0.717) is 37.2 Å². The van der Waals surface area contributed by atoms with Gasteiger partial charge in [0, 0.05) is 32.2 Å². The Balaban J connectivity index is 2.46. The van der Waals surface area contributed by atoms with Crippen molar-refractivity contribution in [2.75, 3.05) is 40.3 Å². The predicted molar refractivity (Wildman–Crippen MR) is 103 cm³/mol. The minimum atomic E-state index is -0.524. The van der Waals surface area contributed by atoms with Crippen LogP contribution >= 0.6 is 11.6 Å². The van der Waals surface area contributed by atoms with Gasteiger partial charge >= 0.3 is 0 Å². The molecule has 6 nitrogen and oxygen atoms in total. The first kappa shape index (κ1) is 21.1. The molecule has 0 aliphatic rings. The van der Waals surface area contributed by atoms with Gasteiger partial charge in [0.2, 0.25) is 5.91 Å². The van der Waals surface area contributed by atoms with Gasteiger partial charge < -0.3 is 20.3 Å². The molecule has 0 atom stereocenters. The Morgan fingerprint density at radius 3 is 2.68 bits per heavy atom. The topological polar surface area (TPSA) is 66.0 Å². The zero-order valence-corrected chi connectivity index (χ0v) is 16.5. The van der Waals surface area contributed by atoms with E-state index in [1.54, 1.807) is 13.1 Å². The lowest BCUT2D eigenvalue weighted by Gasteiger charge is -2.28. The van der Waals surface area contributed by atoms with Gasteiger partial charge in [-0.3, -0.25) is 9.79 Å². The molecule has 1 amide bonds. The minimum Gasteiger partial charge on any atom is -0.492 e. The maximum atomic E-state index is 12.1. The van der Waals surface area contributed by atoms with Crippen LogP contribution in [0.25, 0.3) is 0 Å². The normalized spacial score (nSPS) is 11.8. The number of benzene rings is 1. The van der Waals surface area contributed by atoms with Crippen molar-refractivity contribution >= 4 is 23.5 Å². The number of nitrogens with one attached hydrogen (secondary N) is 2. The third-order valence-electron chi connectivity index (χ3n) is 3.71. The lowest BCUT2D eigenvalue weighted by Crippen LogP contribution is -2.48. The Labute approximate surface area is 155 Å². The molecule has 0 aromatic heterocycles. The summed E-state index contributed by atoms with van der Waals surface area (Å²) in [4.78, 5) is 18.3. The molecular weight excluding hydrogens is 340 g/mol. The van der Waals surface area contributed by atoms with E-state index >= 15 is 0 Å². The predicted octanol–water partition coefficient (Wildman–Crippen LogP) is 2.39. The van der Waals surface area contributed by atoms with E-state index < -0.39 is 5.41 Å². The molecule has 0 unspecified atom stereocenters. The summed E-state index contributed by atoms with van der Waals surface area (Å²) in [5.74, 6) is 1.47. The quantitative estimate of drug-likeness (QED) is 0.546. The average Bonchev–Trinajstić information content (AvgIpc) is 2.55. The van der Waals surface area contributed by atoms with Gasteiger partial charge in [-0.1, -0.05) is 17.7 Å². The van der Waals surface area contributed by atoms with Crippen LogP contribution in [0.1, 0.15) is 20.8 Å². The van der Waals surface area contributed by atoms with E-state index in [4.69, 9.17) is 16.3 Å². The molecule has 2 N–H and O–H groups in total. The van der Waals surface area contributed by atoms with Gasteiger partial charge in [0.25, 0.3) is 0 Å². The molecule has 140 valence electrons. The molecule has 0 bridgehead atoms. The van der Waals surface area contributed by atoms with Crippen molar-refractivity contribution in [2.24, 2.45) is 10.4 Å². The van der Waals surface area contributed by atoms with E-state index in [9.17, 15) is 4.79 Å². The second-order valence-electron chi connectivity index (χ2n) is 6.37. The van der Waals surface area contributed by atoms with E-state index in [1.807, 2.05) is 50.9 Å². The summed E-state index contributed by atoms with van der Waals surface area (Å²) in [5, 5.41) is 6.74. The molecule has 0 spiro atoms. The molecule has 0 fully saturated rings. The molecule has 0 radical (unpaired) electrons. The van der Waals surface area contributed by atoms with Crippen LogP contribution in [0.5, 0.6) is 5.75 Å². The van der Waals surface area contributed by atoms with Gasteiger partial charge in [-0.15, -0.1) is 0 Å². The van der Waals surface area contributed by atoms with Gasteiger partial charge in [-0.25, -0.2) is 0 Å². The van der Waals surface area contributed by atoms with Crippen molar-refractivity contribution in [3.63, 3.8) is 0 Å². The van der Waals surface area contributed by atoms with Crippen LogP contribution in [0.3, 0.4) is 0 Å². The number of guanidine groups is 1. The summed E-state index contributed by atoms with van der Waals surface area (Å²) in [6.07, 6.45) is 0. The van der Waals surface area contributed by atoms with Crippen molar-refractivity contribution in [3.05, 3.63) is 29.3 Å². The first-order valence-electron chi connectivity index (χ1n) is 8.38. The van der Waals surface area contributed by atoms with E-state index in [-0.39, 0.29) is 5.91 Å². The molecular formula is C18H29ClN4O2. The number of carbonyl (C=O) groups is 1. The number of carbonyl (C=O) groups excluding carboxylic acids is 1. The second kappa shape index (κ2) is 10.1. The highest BCUT2D eigenvalue weighted by atomic mass is 35.5. The van der Waals surface area contributed by atoms with Crippen molar-refractivity contribution in [1.29, 1.82) is 0 Å². The standard InChI is InChI=1S/C18H29ClN4O2/c1-6-21-16(24)18(2,3)13-22-17(20-4)23(5)10-11-25-15-9-7-8-14(19)12-15/h7-9,12H,6,10-11,13H2,1-5H3,(H,20,22)(H,21,24). The van der Waals surface area contributed by atoms with Crippen LogP contribution in [0, 0.1) is 5.41 Å². The van der Waals surface area contributed by atoms with Crippen molar-refractivity contribution < 1.29 is 9.53 Å². The SMILES string of the molecule is CCNC(=O)C(C)(C)CNC(=NC)N(C)CCOc1cccc(Cl)c1. The summed E-state index contributed by atoms with van der Waals surface area (Å²) < 4.78 is 5.69. The fourth-order valence-electron chi connectivity index (χ4n) is 2.13. The molecule has 1 rings (SSSR count). The highest BCUT2D eigenvalue weighted by Gasteiger charge is 2.27. The molecule has 0 saturated carbocycles. The fraction of sp³-hybridized carbons (Fsp3) is 0.556. The number of hydrogen-bond donors (Lipinski definition) is 2. The van der Waals surface area contributed by atoms with Crippen LogP contribution in [-0.2, 0) is 4.79 Å². The molecule has 1 aromatic rings. The number of nitrogens with zero attached hydrogens (tertiary/aromatic N) is 2. The third-order valence-corrected chi connectivity index (χ3v) is 3.94. The number of hydrogen-bond acceptors (Lipinski definition) is 3. The molecule has 0 saturated heterocycles. The molecule has 7 heteroatoms. The highest BCUT2D eigenvalue weighted by molar-refractivity contribution is 6.30. The molecule has 0 aliphatic heterocycles. The Hall–Kier alpha value is -1.95. The lowest BCUT2D eigenvalue weighted by atomic mass is 9.92. The first-order chi connectivity index (χ1) is 11.8. The third kappa shape index (κ3) is 7.22. The smallest absolute Gasteiger partial charge is 0.227 e. The maximum absolute atomic E-state index is 12.1. The monoisotopic (exact) mass is 368 g/mol. The first-order valence-corrected chi connectivity index (χ1v) is 8.76. The number of ether oxygens (including phenoxy) is 1.